The van der Waals surface area contributed by atoms with Crippen molar-refractivity contribution < 1.29 is 9.84 Å². The van der Waals surface area contributed by atoms with E-state index in [0.717, 1.165) is 22.9 Å². The molecule has 0 aliphatic rings. The van der Waals surface area contributed by atoms with Gasteiger partial charge in [0.1, 0.15) is 5.75 Å². The molecule has 0 bridgehead atoms. The van der Waals surface area contributed by atoms with Crippen molar-refractivity contribution in [3.63, 3.8) is 0 Å². The van der Waals surface area contributed by atoms with Gasteiger partial charge in [0.25, 0.3) is 6.41 Å². The van der Waals surface area contributed by atoms with E-state index in [4.69, 9.17) is 4.74 Å². The number of anilines is 1. The molecule has 0 radical (unpaired) electrons. The molecule has 0 aliphatic heterocycles. The lowest BCUT2D eigenvalue weighted by atomic mass is 9.99. The summed E-state index contributed by atoms with van der Waals surface area (Å²) in [6.07, 6.45) is -0.00360. The molecule has 3 aromatic carbocycles. The molecule has 0 spiro atoms. The first kappa shape index (κ1) is 16.3. The summed E-state index contributed by atoms with van der Waals surface area (Å²) in [7, 11) is 0. The third-order valence-corrected chi connectivity index (χ3v) is 4.38. The molecule has 3 rings (SSSR count). The topological polar surface area (TPSA) is 41.5 Å². The summed E-state index contributed by atoms with van der Waals surface area (Å²) in [6.45, 7) is 4.37. The van der Waals surface area contributed by atoms with Gasteiger partial charge in [0, 0.05) is 11.1 Å². The molecule has 0 saturated heterocycles. The number of hydrogen-bond acceptors (Lipinski definition) is 3. The monoisotopic (exact) mass is 321 g/mol. The molecule has 24 heavy (non-hydrogen) atoms. The lowest BCUT2D eigenvalue weighted by Gasteiger charge is -2.18. The molecular weight excluding hydrogens is 298 g/mol. The van der Waals surface area contributed by atoms with Crippen molar-refractivity contribution in [1.29, 1.82) is 0 Å². The Balaban J connectivity index is 1.70. The van der Waals surface area contributed by atoms with E-state index in [9.17, 15) is 5.11 Å². The maximum Gasteiger partial charge on any atom is 0.279 e. The zero-order valence-corrected chi connectivity index (χ0v) is 14.1. The van der Waals surface area contributed by atoms with Crippen molar-refractivity contribution in [1.82, 2.24) is 0 Å². The van der Waals surface area contributed by atoms with E-state index in [1.54, 1.807) is 0 Å². The van der Waals surface area contributed by atoms with Crippen molar-refractivity contribution in [2.24, 2.45) is 0 Å². The molecule has 3 nitrogen and oxygen atoms in total. The van der Waals surface area contributed by atoms with Crippen LogP contribution in [-0.4, -0.2) is 11.5 Å². The number of aliphatic hydroxyl groups excluding tert-OH is 1. The minimum absolute atomic E-state index is 0.526. The van der Waals surface area contributed by atoms with Gasteiger partial charge in [-0.2, -0.15) is 0 Å². The summed E-state index contributed by atoms with van der Waals surface area (Å²) < 4.78 is 5.58. The highest BCUT2D eigenvalue weighted by Crippen LogP contribution is 2.25. The quantitative estimate of drug-likeness (QED) is 0.619. The molecule has 3 aromatic rings. The van der Waals surface area contributed by atoms with Crippen molar-refractivity contribution in [2.45, 2.75) is 32.6 Å². The highest BCUT2D eigenvalue weighted by molar-refractivity contribution is 5.93. The Labute approximate surface area is 142 Å². The van der Waals surface area contributed by atoms with Crippen LogP contribution in [0.1, 0.15) is 31.7 Å². The standard InChI is InChI=1S/C21H23NO2/c1-3-15(2)16-11-13-18(14-12-16)24-21(23)22-20-10-6-8-17-7-4-5-9-19(17)20/h4-15,21-23H,3H2,1-2H3. The molecule has 0 heterocycles. The Morgan fingerprint density at radius 2 is 1.67 bits per heavy atom. The summed E-state index contributed by atoms with van der Waals surface area (Å²) in [4.78, 5) is 0. The molecule has 2 N–H and O–H groups in total. The minimum atomic E-state index is -1.11. The van der Waals surface area contributed by atoms with E-state index < -0.39 is 6.41 Å². The van der Waals surface area contributed by atoms with Gasteiger partial charge in [-0.3, -0.25) is 0 Å². The first-order valence-corrected chi connectivity index (χ1v) is 8.36. The fourth-order valence-corrected chi connectivity index (χ4v) is 2.75. The number of benzene rings is 3. The summed E-state index contributed by atoms with van der Waals surface area (Å²) >= 11 is 0. The highest BCUT2D eigenvalue weighted by atomic mass is 16.6. The summed E-state index contributed by atoms with van der Waals surface area (Å²) in [5, 5.41) is 15.4. The number of nitrogens with one attached hydrogen (secondary N) is 1. The lowest BCUT2D eigenvalue weighted by molar-refractivity contribution is 0.00784. The molecular formula is C21H23NO2. The minimum Gasteiger partial charge on any atom is -0.447 e. The van der Waals surface area contributed by atoms with Gasteiger partial charge in [0.05, 0.1) is 0 Å². The van der Waals surface area contributed by atoms with Crippen LogP contribution in [0.4, 0.5) is 5.69 Å². The maximum atomic E-state index is 10.2. The van der Waals surface area contributed by atoms with Crippen molar-refractivity contribution >= 4 is 16.5 Å². The zero-order valence-electron chi connectivity index (χ0n) is 14.1. The SMILES string of the molecule is CCC(C)c1ccc(OC(O)Nc2cccc3ccccc23)cc1. The first-order chi connectivity index (χ1) is 11.7. The summed E-state index contributed by atoms with van der Waals surface area (Å²) in [6, 6.07) is 21.9. The molecule has 124 valence electrons. The van der Waals surface area contributed by atoms with Crippen molar-refractivity contribution in [3.05, 3.63) is 72.3 Å². The second kappa shape index (κ2) is 7.37. The number of fused-ring (bicyclic) bond motifs is 1. The largest absolute Gasteiger partial charge is 0.447 e. The van der Waals surface area contributed by atoms with Gasteiger partial charge < -0.3 is 15.2 Å². The van der Waals surface area contributed by atoms with Crippen LogP contribution >= 0.6 is 0 Å². The number of hydrogen-bond donors (Lipinski definition) is 2. The Bertz CT molecular complexity index is 793. The zero-order chi connectivity index (χ0) is 16.9. The van der Waals surface area contributed by atoms with Crippen LogP contribution in [0.3, 0.4) is 0 Å². The van der Waals surface area contributed by atoms with Crippen LogP contribution in [0.25, 0.3) is 10.8 Å². The predicted octanol–water partition coefficient (Wildman–Crippen LogP) is 5.12. The number of ether oxygens (including phenoxy) is 1. The lowest BCUT2D eigenvalue weighted by Crippen LogP contribution is -2.25. The summed E-state index contributed by atoms with van der Waals surface area (Å²) in [5.74, 6) is 1.17. The van der Waals surface area contributed by atoms with Crippen molar-refractivity contribution in [3.8, 4) is 5.75 Å². The second-order valence-corrected chi connectivity index (χ2v) is 6.02. The van der Waals surface area contributed by atoms with Crippen LogP contribution in [0.15, 0.2) is 66.7 Å². The van der Waals surface area contributed by atoms with Gasteiger partial charge in [-0.15, -0.1) is 0 Å². The van der Waals surface area contributed by atoms with Gasteiger partial charge in [-0.05, 0) is 41.5 Å². The number of aliphatic hydroxyl groups is 1. The van der Waals surface area contributed by atoms with E-state index in [0.29, 0.717) is 11.7 Å². The van der Waals surface area contributed by atoms with Gasteiger partial charge in [-0.1, -0.05) is 62.4 Å². The molecule has 3 heteroatoms. The van der Waals surface area contributed by atoms with E-state index in [2.05, 4.69) is 19.2 Å². The maximum absolute atomic E-state index is 10.2. The van der Waals surface area contributed by atoms with Gasteiger partial charge in [0.2, 0.25) is 0 Å². The van der Waals surface area contributed by atoms with Gasteiger partial charge >= 0.3 is 0 Å². The molecule has 0 aromatic heterocycles. The van der Waals surface area contributed by atoms with Crippen LogP contribution < -0.4 is 10.1 Å². The smallest absolute Gasteiger partial charge is 0.279 e. The number of rotatable bonds is 6. The molecule has 0 fully saturated rings. The fraction of sp³-hybridized carbons (Fsp3) is 0.238. The van der Waals surface area contributed by atoms with Gasteiger partial charge in [0.15, 0.2) is 0 Å². The molecule has 2 atom stereocenters. The first-order valence-electron chi connectivity index (χ1n) is 8.36. The van der Waals surface area contributed by atoms with E-state index in [-0.39, 0.29) is 0 Å². The average Bonchev–Trinajstić information content (AvgIpc) is 2.62. The highest BCUT2D eigenvalue weighted by Gasteiger charge is 2.09. The van der Waals surface area contributed by atoms with Crippen LogP contribution in [0.2, 0.25) is 0 Å². The normalized spacial score (nSPS) is 13.5. The van der Waals surface area contributed by atoms with E-state index in [1.807, 2.05) is 66.7 Å². The Kier molecular flexibility index (Phi) is 5.02. The third-order valence-electron chi connectivity index (χ3n) is 4.38. The van der Waals surface area contributed by atoms with E-state index in [1.165, 1.54) is 5.56 Å². The van der Waals surface area contributed by atoms with Crippen LogP contribution in [-0.2, 0) is 0 Å². The molecule has 0 amide bonds. The van der Waals surface area contributed by atoms with Gasteiger partial charge in [-0.25, -0.2) is 0 Å². The van der Waals surface area contributed by atoms with Crippen molar-refractivity contribution in [2.75, 3.05) is 5.32 Å². The molecule has 2 unspecified atom stereocenters. The van der Waals surface area contributed by atoms with Crippen LogP contribution in [0.5, 0.6) is 5.75 Å². The Hall–Kier alpha value is -2.52. The molecule has 0 aliphatic carbocycles. The fourth-order valence-electron chi connectivity index (χ4n) is 2.75. The predicted molar refractivity (Wildman–Crippen MR) is 99.4 cm³/mol. The average molecular weight is 321 g/mol. The summed E-state index contributed by atoms with van der Waals surface area (Å²) in [5.41, 5.74) is 2.12. The Morgan fingerprint density at radius 3 is 2.42 bits per heavy atom. The Morgan fingerprint density at radius 1 is 0.958 bits per heavy atom. The van der Waals surface area contributed by atoms with Crippen LogP contribution in [0, 0.1) is 0 Å². The molecule has 0 saturated carbocycles. The van der Waals surface area contributed by atoms with E-state index >= 15 is 0 Å². The second-order valence-electron chi connectivity index (χ2n) is 6.02. The third kappa shape index (κ3) is 3.69.